The molecule has 0 spiro atoms. The minimum absolute atomic E-state index is 0.113. The number of aryl methyl sites for hydroxylation is 3. The van der Waals surface area contributed by atoms with Crippen molar-refractivity contribution in [1.82, 2.24) is 19.6 Å². The van der Waals surface area contributed by atoms with E-state index >= 15 is 0 Å². The molecule has 7 nitrogen and oxygen atoms in total. The van der Waals surface area contributed by atoms with Crippen LogP contribution in [0.3, 0.4) is 0 Å². The summed E-state index contributed by atoms with van der Waals surface area (Å²) in [6, 6.07) is 0. The first-order valence-corrected chi connectivity index (χ1v) is 5.18. The van der Waals surface area contributed by atoms with E-state index in [2.05, 4.69) is 10.2 Å². The summed E-state index contributed by atoms with van der Waals surface area (Å²) in [5.41, 5.74) is 12.2. The highest BCUT2D eigenvalue weighted by molar-refractivity contribution is 5.95. The van der Waals surface area contributed by atoms with Crippen LogP contribution in [0.4, 0.5) is 5.69 Å². The summed E-state index contributed by atoms with van der Waals surface area (Å²) in [5, 5.41) is 8.16. The molecule has 1 amide bonds. The van der Waals surface area contributed by atoms with E-state index in [9.17, 15) is 4.79 Å². The Morgan fingerprint density at radius 3 is 2.59 bits per heavy atom. The quantitative estimate of drug-likeness (QED) is 0.762. The van der Waals surface area contributed by atoms with E-state index in [1.54, 1.807) is 21.8 Å². The number of amides is 1. The Morgan fingerprint density at radius 1 is 1.35 bits per heavy atom. The third-order valence-corrected chi connectivity index (χ3v) is 2.34. The minimum Gasteiger partial charge on any atom is -0.396 e. The van der Waals surface area contributed by atoms with Gasteiger partial charge in [0.2, 0.25) is 0 Å². The minimum atomic E-state index is -0.615. The van der Waals surface area contributed by atoms with Gasteiger partial charge in [-0.15, -0.1) is 0 Å². The monoisotopic (exact) mass is 234 g/mol. The van der Waals surface area contributed by atoms with E-state index in [1.807, 2.05) is 13.1 Å². The van der Waals surface area contributed by atoms with Crippen LogP contribution in [0.15, 0.2) is 18.6 Å². The number of hydrogen-bond donors (Lipinski definition) is 2. The molecule has 0 aliphatic carbocycles. The van der Waals surface area contributed by atoms with Crippen molar-refractivity contribution >= 4 is 11.6 Å². The fourth-order valence-electron chi connectivity index (χ4n) is 1.54. The van der Waals surface area contributed by atoms with Crippen molar-refractivity contribution in [2.45, 2.75) is 20.0 Å². The maximum Gasteiger partial charge on any atom is 0.271 e. The topological polar surface area (TPSA) is 105 Å². The molecule has 0 saturated heterocycles. The molecular formula is C10H14N6O. The Bertz CT molecular complexity index is 541. The average molecular weight is 234 g/mol. The fraction of sp³-hybridized carbons (Fsp3) is 0.300. The number of nitrogen functional groups attached to an aromatic ring is 1. The molecule has 17 heavy (non-hydrogen) atoms. The fourth-order valence-corrected chi connectivity index (χ4v) is 1.54. The highest BCUT2D eigenvalue weighted by Crippen LogP contribution is 2.08. The number of aromatic nitrogens is 4. The second-order valence-electron chi connectivity index (χ2n) is 3.84. The molecule has 7 heteroatoms. The van der Waals surface area contributed by atoms with Gasteiger partial charge in [0, 0.05) is 12.4 Å². The predicted molar refractivity (Wildman–Crippen MR) is 62.1 cm³/mol. The van der Waals surface area contributed by atoms with Crippen molar-refractivity contribution in [2.75, 3.05) is 5.73 Å². The lowest BCUT2D eigenvalue weighted by molar-refractivity contribution is 0.0995. The first-order chi connectivity index (χ1) is 8.06. The second-order valence-corrected chi connectivity index (χ2v) is 3.84. The lowest BCUT2D eigenvalue weighted by atomic mass is 10.4. The highest BCUT2D eigenvalue weighted by atomic mass is 16.1. The van der Waals surface area contributed by atoms with Gasteiger partial charge in [-0.3, -0.25) is 14.2 Å². The summed E-state index contributed by atoms with van der Waals surface area (Å²) in [5.74, 6) is -0.615. The van der Waals surface area contributed by atoms with Gasteiger partial charge in [0.25, 0.3) is 5.91 Å². The zero-order chi connectivity index (χ0) is 12.4. The molecule has 0 unspecified atom stereocenters. The molecule has 0 radical (unpaired) electrons. The van der Waals surface area contributed by atoms with Crippen molar-refractivity contribution in [3.8, 4) is 0 Å². The zero-order valence-electron chi connectivity index (χ0n) is 9.50. The lowest BCUT2D eigenvalue weighted by Crippen LogP contribution is -2.15. The number of anilines is 1. The third-order valence-electron chi connectivity index (χ3n) is 2.34. The van der Waals surface area contributed by atoms with E-state index in [0.717, 1.165) is 5.56 Å². The van der Waals surface area contributed by atoms with E-state index < -0.39 is 5.91 Å². The highest BCUT2D eigenvalue weighted by Gasteiger charge is 2.10. The van der Waals surface area contributed by atoms with Gasteiger partial charge in [-0.1, -0.05) is 0 Å². The molecule has 0 saturated carbocycles. The van der Waals surface area contributed by atoms with E-state index in [-0.39, 0.29) is 5.69 Å². The number of nitrogens with zero attached hydrogens (tertiary/aromatic N) is 4. The molecule has 2 rings (SSSR count). The van der Waals surface area contributed by atoms with Gasteiger partial charge >= 0.3 is 0 Å². The molecule has 0 bridgehead atoms. The van der Waals surface area contributed by atoms with Gasteiger partial charge in [0.1, 0.15) is 0 Å². The molecule has 2 aromatic heterocycles. The first kappa shape index (κ1) is 11.2. The summed E-state index contributed by atoms with van der Waals surface area (Å²) in [7, 11) is 0. The van der Waals surface area contributed by atoms with Gasteiger partial charge in [0.05, 0.1) is 25.0 Å². The predicted octanol–water partition coefficient (Wildman–Crippen LogP) is -0.231. The molecule has 4 N–H and O–H groups in total. The maximum atomic E-state index is 11.0. The van der Waals surface area contributed by atoms with E-state index in [4.69, 9.17) is 11.5 Å². The molecule has 0 aliphatic heterocycles. The Balaban J connectivity index is 2.04. The van der Waals surface area contributed by atoms with E-state index in [0.29, 0.717) is 18.8 Å². The molecule has 0 aromatic carbocycles. The van der Waals surface area contributed by atoms with Crippen molar-refractivity contribution in [2.24, 2.45) is 5.73 Å². The van der Waals surface area contributed by atoms with Crippen LogP contribution in [0.2, 0.25) is 0 Å². The normalized spacial score (nSPS) is 10.6. The summed E-state index contributed by atoms with van der Waals surface area (Å²) in [6.45, 7) is 3.21. The van der Waals surface area contributed by atoms with Crippen LogP contribution in [-0.4, -0.2) is 25.5 Å². The lowest BCUT2D eigenvalue weighted by Gasteiger charge is -2.01. The molecule has 0 aliphatic rings. The summed E-state index contributed by atoms with van der Waals surface area (Å²) >= 11 is 0. The Hall–Kier alpha value is -2.31. The van der Waals surface area contributed by atoms with Gasteiger partial charge in [0.15, 0.2) is 5.69 Å². The van der Waals surface area contributed by atoms with Crippen LogP contribution in [0.25, 0.3) is 0 Å². The van der Waals surface area contributed by atoms with E-state index in [1.165, 1.54) is 0 Å². The summed E-state index contributed by atoms with van der Waals surface area (Å²) in [4.78, 5) is 11.0. The number of hydrogen-bond acceptors (Lipinski definition) is 4. The zero-order valence-corrected chi connectivity index (χ0v) is 9.50. The largest absolute Gasteiger partial charge is 0.396 e. The maximum absolute atomic E-state index is 11.0. The van der Waals surface area contributed by atoms with Crippen molar-refractivity contribution < 1.29 is 4.79 Å². The third kappa shape index (κ3) is 2.44. The summed E-state index contributed by atoms with van der Waals surface area (Å²) in [6.07, 6.45) is 5.31. The van der Waals surface area contributed by atoms with Crippen molar-refractivity contribution in [1.29, 1.82) is 0 Å². The van der Waals surface area contributed by atoms with Crippen LogP contribution in [-0.2, 0) is 13.1 Å². The average Bonchev–Trinajstić information content (AvgIpc) is 2.82. The van der Waals surface area contributed by atoms with Crippen LogP contribution < -0.4 is 11.5 Å². The van der Waals surface area contributed by atoms with Crippen molar-refractivity contribution in [3.63, 3.8) is 0 Å². The smallest absolute Gasteiger partial charge is 0.271 e. The van der Waals surface area contributed by atoms with Gasteiger partial charge < -0.3 is 11.5 Å². The van der Waals surface area contributed by atoms with Gasteiger partial charge in [-0.2, -0.15) is 10.2 Å². The first-order valence-electron chi connectivity index (χ1n) is 5.18. The molecule has 2 heterocycles. The van der Waals surface area contributed by atoms with Crippen LogP contribution in [0.5, 0.6) is 0 Å². The Morgan fingerprint density at radius 2 is 2.06 bits per heavy atom. The molecule has 90 valence electrons. The van der Waals surface area contributed by atoms with Crippen LogP contribution in [0, 0.1) is 6.92 Å². The SMILES string of the molecule is Cc1cnn(CCn2cc(N)c(C(N)=O)n2)c1. The molecule has 0 fully saturated rings. The van der Waals surface area contributed by atoms with Gasteiger partial charge in [-0.25, -0.2) is 0 Å². The van der Waals surface area contributed by atoms with Crippen LogP contribution in [0.1, 0.15) is 16.1 Å². The molecular weight excluding hydrogens is 220 g/mol. The number of rotatable bonds is 4. The Kier molecular flexibility index (Phi) is 2.82. The number of carbonyl (C=O) groups excluding carboxylic acids is 1. The Labute approximate surface area is 98.0 Å². The van der Waals surface area contributed by atoms with Gasteiger partial charge in [-0.05, 0) is 12.5 Å². The molecule has 2 aromatic rings. The summed E-state index contributed by atoms with van der Waals surface area (Å²) < 4.78 is 3.39. The number of primary amides is 1. The standard InChI is InChI=1S/C10H14N6O/c1-7-4-13-15(5-7)2-3-16-6-8(11)9(14-16)10(12)17/h4-6H,2-3,11H2,1H3,(H2,12,17). The molecule has 0 atom stereocenters. The second kappa shape index (κ2) is 4.28. The van der Waals surface area contributed by atoms with Crippen molar-refractivity contribution in [3.05, 3.63) is 29.8 Å². The number of carbonyl (C=O) groups is 1. The number of nitrogens with two attached hydrogens (primary N) is 2. The van der Waals surface area contributed by atoms with Crippen LogP contribution >= 0.6 is 0 Å².